The molecule has 0 amide bonds. The zero-order chi connectivity index (χ0) is 31.9. The van der Waals surface area contributed by atoms with Gasteiger partial charge in [0.25, 0.3) is 0 Å². The van der Waals surface area contributed by atoms with Gasteiger partial charge in [0.2, 0.25) is 0 Å². The minimum atomic E-state index is 0. The van der Waals surface area contributed by atoms with E-state index in [1.807, 2.05) is 36.2 Å². The van der Waals surface area contributed by atoms with E-state index in [1.54, 1.807) is 0 Å². The average molecular weight is 674 g/mol. The number of aromatic nitrogens is 2. The smallest absolute Gasteiger partial charge is 0.144 e. The van der Waals surface area contributed by atoms with Crippen molar-refractivity contribution in [1.29, 1.82) is 0 Å². The fraction of sp³-hybridized carbons (Fsp3) is 0.375. The molecule has 7 heteroatoms. The molecule has 0 aromatic carbocycles. The SMILES string of the molecule is C#CC1=C2C=CC(=N2)C(CCCCCCC)=C2C=CC(=N2)C(c2nccn2C)=C2C=CC(=N2)C(CCCCCCC)=C2C=CC1=N2.[Zn]. The van der Waals surface area contributed by atoms with Crippen LogP contribution in [0.5, 0.6) is 0 Å². The van der Waals surface area contributed by atoms with E-state index in [4.69, 9.17) is 31.4 Å². The molecule has 6 nitrogen and oxygen atoms in total. The second kappa shape index (κ2) is 16.2. The molecule has 0 spiro atoms. The summed E-state index contributed by atoms with van der Waals surface area (Å²) in [4.78, 5) is 25.5. The summed E-state index contributed by atoms with van der Waals surface area (Å²) in [5.74, 6) is 3.76. The number of fused-ring (bicyclic) bond motifs is 4. The number of allylic oxidation sites excluding steroid dienone is 12. The monoisotopic (exact) mass is 672 g/mol. The Morgan fingerprint density at radius 3 is 1.66 bits per heavy atom. The second-order valence-electron chi connectivity index (χ2n) is 12.4. The van der Waals surface area contributed by atoms with Gasteiger partial charge in [0.1, 0.15) is 5.82 Å². The summed E-state index contributed by atoms with van der Waals surface area (Å²) in [6, 6.07) is 0. The summed E-state index contributed by atoms with van der Waals surface area (Å²) in [5, 5.41) is 0. The molecule has 1 aromatic rings. The topological polar surface area (TPSA) is 67.3 Å². The fourth-order valence-corrected chi connectivity index (χ4v) is 6.51. The maximum Gasteiger partial charge on any atom is 0.144 e. The van der Waals surface area contributed by atoms with Crippen molar-refractivity contribution in [3.63, 3.8) is 0 Å². The molecule has 47 heavy (non-hydrogen) atoms. The Morgan fingerprint density at radius 2 is 1.09 bits per heavy atom. The van der Waals surface area contributed by atoms with Gasteiger partial charge >= 0.3 is 0 Å². The Labute approximate surface area is 292 Å². The van der Waals surface area contributed by atoms with Gasteiger partial charge in [-0.1, -0.05) is 71.1 Å². The van der Waals surface area contributed by atoms with Crippen LogP contribution in [0.2, 0.25) is 0 Å². The maximum atomic E-state index is 6.14. The standard InChI is InChI=1S/C40H44N6.Zn/c1-5-8-10-12-14-16-29-33-20-18-31(42-33)28(7-3)32-19-21-34(43-32)30(17-15-13-11-9-6-2)36-23-25-38(45-36)39(37-24-22-35(29)44-37)40-41-26-27-46(40)4;/h3,18-27H,5-6,8-17H2,1-2,4H3;. The third kappa shape index (κ3) is 7.60. The predicted octanol–water partition coefficient (Wildman–Crippen LogP) is 9.30. The van der Waals surface area contributed by atoms with Crippen LogP contribution in [-0.4, -0.2) is 32.4 Å². The summed E-state index contributed by atoms with van der Waals surface area (Å²) in [7, 11) is 2.02. The molecule has 0 saturated heterocycles. The molecular formula is C40H44N6Zn. The maximum absolute atomic E-state index is 6.14. The third-order valence-corrected chi connectivity index (χ3v) is 9.07. The van der Waals surface area contributed by atoms with Crippen molar-refractivity contribution in [1.82, 2.24) is 9.55 Å². The summed E-state index contributed by atoms with van der Waals surface area (Å²) < 4.78 is 2.04. The molecule has 5 aliphatic heterocycles. The molecule has 0 aliphatic carbocycles. The van der Waals surface area contributed by atoms with Gasteiger partial charge in [-0.25, -0.2) is 25.0 Å². The van der Waals surface area contributed by atoms with E-state index in [-0.39, 0.29) is 19.5 Å². The Bertz CT molecular complexity index is 1800. The van der Waals surface area contributed by atoms with E-state index in [2.05, 4.69) is 56.2 Å². The van der Waals surface area contributed by atoms with E-state index >= 15 is 0 Å². The van der Waals surface area contributed by atoms with Crippen molar-refractivity contribution < 1.29 is 19.5 Å². The largest absolute Gasteiger partial charge is 0.334 e. The van der Waals surface area contributed by atoms with Gasteiger partial charge in [0.05, 0.1) is 56.8 Å². The molecule has 0 fully saturated rings. The Morgan fingerprint density at radius 1 is 0.596 bits per heavy atom. The Hall–Kier alpha value is -4.01. The van der Waals surface area contributed by atoms with Gasteiger partial charge in [0, 0.05) is 50.1 Å². The molecule has 1 aromatic heterocycles. The summed E-state index contributed by atoms with van der Waals surface area (Å²) in [6.07, 6.45) is 40.4. The first-order chi connectivity index (χ1) is 22.6. The number of aryl methyl sites for hydroxylation is 1. The van der Waals surface area contributed by atoms with Crippen LogP contribution in [0.15, 0.2) is 120 Å². The number of terminal acetylenes is 1. The minimum absolute atomic E-state index is 0. The normalized spacial score (nSPS) is 17.9. The van der Waals surface area contributed by atoms with Gasteiger partial charge in [0.15, 0.2) is 0 Å². The van der Waals surface area contributed by atoms with Crippen LogP contribution in [0.25, 0.3) is 5.57 Å². The second-order valence-corrected chi connectivity index (χ2v) is 12.4. The van der Waals surface area contributed by atoms with Crippen LogP contribution in [0.1, 0.15) is 96.7 Å². The fourth-order valence-electron chi connectivity index (χ4n) is 6.51. The minimum Gasteiger partial charge on any atom is -0.334 e. The zero-order valence-electron chi connectivity index (χ0n) is 28.2. The van der Waals surface area contributed by atoms with Crippen molar-refractivity contribution in [3.05, 3.63) is 106 Å². The van der Waals surface area contributed by atoms with E-state index in [1.165, 1.54) is 51.4 Å². The van der Waals surface area contributed by atoms with Crippen molar-refractivity contribution in [2.75, 3.05) is 0 Å². The van der Waals surface area contributed by atoms with Crippen LogP contribution < -0.4 is 0 Å². The molecule has 6 rings (SSSR count). The molecule has 0 saturated carbocycles. The van der Waals surface area contributed by atoms with E-state index in [9.17, 15) is 0 Å². The van der Waals surface area contributed by atoms with Crippen LogP contribution >= 0.6 is 0 Å². The van der Waals surface area contributed by atoms with Gasteiger partial charge < -0.3 is 4.57 Å². The van der Waals surface area contributed by atoms with Crippen LogP contribution in [-0.2, 0) is 26.5 Å². The van der Waals surface area contributed by atoms with Crippen LogP contribution in [0, 0.1) is 12.3 Å². The molecule has 5 aliphatic rings. The zero-order valence-corrected chi connectivity index (χ0v) is 31.2. The Balaban J connectivity index is 0.00000433. The third-order valence-electron chi connectivity index (χ3n) is 9.07. The number of unbranched alkanes of at least 4 members (excludes halogenated alkanes) is 8. The number of imidazole rings is 1. The van der Waals surface area contributed by atoms with Gasteiger partial charge in [-0.3, -0.25) is 0 Å². The number of aliphatic imine (C=N–C) groups is 4. The van der Waals surface area contributed by atoms with Crippen molar-refractivity contribution in [3.8, 4) is 12.3 Å². The van der Waals surface area contributed by atoms with E-state index in [0.717, 1.165) is 93.9 Å². The first-order valence-corrected chi connectivity index (χ1v) is 17.1. The van der Waals surface area contributed by atoms with Crippen molar-refractivity contribution in [2.45, 2.75) is 90.9 Å². The van der Waals surface area contributed by atoms with Crippen molar-refractivity contribution in [2.24, 2.45) is 27.0 Å². The number of rotatable bonds is 13. The number of nitrogens with zero attached hydrogens (tertiary/aromatic N) is 6. The molecule has 236 valence electrons. The molecule has 0 radical (unpaired) electrons. The van der Waals surface area contributed by atoms with Crippen LogP contribution in [0.4, 0.5) is 0 Å². The average Bonchev–Trinajstić information content (AvgIpc) is 3.90. The molecule has 8 bridgehead atoms. The van der Waals surface area contributed by atoms with Gasteiger partial charge in [-0.2, -0.15) is 0 Å². The van der Waals surface area contributed by atoms with Gasteiger partial charge in [-0.15, -0.1) is 6.42 Å². The molecular weight excluding hydrogens is 630 g/mol. The van der Waals surface area contributed by atoms with E-state index < -0.39 is 0 Å². The quantitative estimate of drug-likeness (QED) is 0.117. The first-order valence-electron chi connectivity index (χ1n) is 17.1. The molecule has 0 atom stereocenters. The molecule has 0 N–H and O–H groups in total. The van der Waals surface area contributed by atoms with E-state index in [0.29, 0.717) is 5.57 Å². The summed E-state index contributed by atoms with van der Waals surface area (Å²) in [6.45, 7) is 4.50. The van der Waals surface area contributed by atoms with Crippen LogP contribution in [0.3, 0.4) is 0 Å². The molecule has 0 unspecified atom stereocenters. The summed E-state index contributed by atoms with van der Waals surface area (Å²) in [5.41, 5.74) is 10.9. The first kappa shape index (κ1) is 34.3. The summed E-state index contributed by atoms with van der Waals surface area (Å²) >= 11 is 0. The predicted molar refractivity (Wildman–Crippen MR) is 193 cm³/mol. The Kier molecular flexibility index (Phi) is 11.8. The van der Waals surface area contributed by atoms with Gasteiger partial charge in [-0.05, 0) is 74.3 Å². The number of hydrogen-bond donors (Lipinski definition) is 0. The molecule has 6 heterocycles. The van der Waals surface area contributed by atoms with Crippen molar-refractivity contribution >= 4 is 28.4 Å². The number of hydrogen-bond acceptors (Lipinski definition) is 5.